The Kier molecular flexibility index (Phi) is 3.94. The molecule has 0 N–H and O–H groups in total. The Labute approximate surface area is 125 Å². The first kappa shape index (κ1) is 14.8. The molecule has 116 valence electrons. The number of anilines is 1. The lowest BCUT2D eigenvalue weighted by Gasteiger charge is -2.40. The van der Waals surface area contributed by atoms with Gasteiger partial charge in [0.2, 0.25) is 0 Å². The first-order chi connectivity index (χ1) is 10.1. The molecule has 0 unspecified atom stereocenters. The quantitative estimate of drug-likeness (QED) is 0.852. The minimum Gasteiger partial charge on any atom is -0.365 e. The van der Waals surface area contributed by atoms with Crippen molar-refractivity contribution < 1.29 is 17.9 Å². The van der Waals surface area contributed by atoms with Crippen LogP contribution in [-0.4, -0.2) is 46.3 Å². The Hall–Kier alpha value is -1.11. The third-order valence-corrected chi connectivity index (χ3v) is 5.93. The lowest BCUT2D eigenvalue weighted by Crippen LogP contribution is -2.49. The molecular weight excluding hydrogens is 290 g/mol. The zero-order valence-corrected chi connectivity index (χ0v) is 13.1. The summed E-state index contributed by atoms with van der Waals surface area (Å²) in [6, 6.07) is 7.21. The Morgan fingerprint density at radius 2 is 1.95 bits per heavy atom. The van der Waals surface area contributed by atoms with Crippen molar-refractivity contribution in [2.75, 3.05) is 37.0 Å². The molecule has 1 spiro atoms. The van der Waals surface area contributed by atoms with Crippen LogP contribution in [0.15, 0.2) is 29.2 Å². The average Bonchev–Trinajstić information content (AvgIpc) is 2.95. The number of nitrogens with zero attached hydrogens (tertiary/aromatic N) is 1. The summed E-state index contributed by atoms with van der Waals surface area (Å²) in [5, 5.41) is 0. The lowest BCUT2D eigenvalue weighted by atomic mass is 10.0. The molecule has 0 radical (unpaired) electrons. The molecule has 6 heteroatoms. The second-order valence-corrected chi connectivity index (χ2v) is 7.75. The molecule has 0 aliphatic carbocycles. The Bertz CT molecular complexity index is 608. The molecule has 2 fully saturated rings. The molecule has 21 heavy (non-hydrogen) atoms. The average molecular weight is 311 g/mol. The number of sulfone groups is 1. The molecule has 0 amide bonds. The van der Waals surface area contributed by atoms with Gasteiger partial charge in [0.25, 0.3) is 0 Å². The zero-order chi connectivity index (χ0) is 14.9. The van der Waals surface area contributed by atoms with Crippen LogP contribution in [0.25, 0.3) is 0 Å². The highest BCUT2D eigenvalue weighted by atomic mass is 32.2. The van der Waals surface area contributed by atoms with Crippen LogP contribution in [0.2, 0.25) is 0 Å². The second kappa shape index (κ2) is 5.59. The Morgan fingerprint density at radius 3 is 2.67 bits per heavy atom. The summed E-state index contributed by atoms with van der Waals surface area (Å²) in [5.74, 6) is -0.447. The SMILES string of the molecule is CCS(=O)(=O)c1ccccc1N1CCCC2(C1)OCCO2. The van der Waals surface area contributed by atoms with Crippen LogP contribution >= 0.6 is 0 Å². The van der Waals surface area contributed by atoms with E-state index in [0.717, 1.165) is 25.1 Å². The van der Waals surface area contributed by atoms with Gasteiger partial charge in [0.1, 0.15) is 0 Å². The molecule has 3 rings (SSSR count). The molecule has 1 aromatic carbocycles. The number of para-hydroxylation sites is 1. The number of hydrogen-bond donors (Lipinski definition) is 0. The van der Waals surface area contributed by atoms with Gasteiger partial charge in [0.05, 0.1) is 36.1 Å². The van der Waals surface area contributed by atoms with E-state index in [9.17, 15) is 8.42 Å². The van der Waals surface area contributed by atoms with Gasteiger partial charge in [-0.3, -0.25) is 0 Å². The minimum atomic E-state index is -3.24. The van der Waals surface area contributed by atoms with Gasteiger partial charge in [-0.15, -0.1) is 0 Å². The molecule has 2 aliphatic rings. The topological polar surface area (TPSA) is 55.8 Å². The van der Waals surface area contributed by atoms with Crippen LogP contribution in [0.1, 0.15) is 19.8 Å². The van der Waals surface area contributed by atoms with Crippen molar-refractivity contribution in [1.29, 1.82) is 0 Å². The van der Waals surface area contributed by atoms with Crippen molar-refractivity contribution in [2.45, 2.75) is 30.4 Å². The molecular formula is C15H21NO4S. The third-order valence-electron chi connectivity index (χ3n) is 4.15. The summed E-state index contributed by atoms with van der Waals surface area (Å²) in [4.78, 5) is 2.49. The Morgan fingerprint density at radius 1 is 1.24 bits per heavy atom. The largest absolute Gasteiger partial charge is 0.365 e. The summed E-state index contributed by atoms with van der Waals surface area (Å²) in [6.07, 6.45) is 1.80. The lowest BCUT2D eigenvalue weighted by molar-refractivity contribution is -0.161. The second-order valence-electron chi connectivity index (χ2n) is 5.50. The van der Waals surface area contributed by atoms with Crippen molar-refractivity contribution in [3.8, 4) is 0 Å². The van der Waals surface area contributed by atoms with Crippen molar-refractivity contribution >= 4 is 15.5 Å². The normalized spacial score (nSPS) is 21.9. The van der Waals surface area contributed by atoms with E-state index >= 15 is 0 Å². The highest BCUT2D eigenvalue weighted by Gasteiger charge is 2.41. The number of ether oxygens (including phenoxy) is 2. The summed E-state index contributed by atoms with van der Waals surface area (Å²) in [6.45, 7) is 4.31. The van der Waals surface area contributed by atoms with E-state index in [2.05, 4.69) is 4.90 Å². The predicted octanol–water partition coefficient (Wildman–Crippen LogP) is 1.82. The number of rotatable bonds is 3. The Balaban J connectivity index is 1.93. The third kappa shape index (κ3) is 2.80. The van der Waals surface area contributed by atoms with E-state index < -0.39 is 15.6 Å². The number of benzene rings is 1. The van der Waals surface area contributed by atoms with Crippen LogP contribution in [0, 0.1) is 0 Å². The fourth-order valence-electron chi connectivity index (χ4n) is 3.06. The van der Waals surface area contributed by atoms with E-state index in [-0.39, 0.29) is 5.75 Å². The first-order valence-electron chi connectivity index (χ1n) is 7.41. The van der Waals surface area contributed by atoms with Gasteiger partial charge in [-0.2, -0.15) is 0 Å². The summed E-state index contributed by atoms with van der Waals surface area (Å²) < 4.78 is 36.1. The molecule has 0 bridgehead atoms. The van der Waals surface area contributed by atoms with Gasteiger partial charge in [-0.25, -0.2) is 8.42 Å². The van der Waals surface area contributed by atoms with Crippen molar-refractivity contribution in [3.05, 3.63) is 24.3 Å². The molecule has 2 saturated heterocycles. The number of hydrogen-bond acceptors (Lipinski definition) is 5. The number of piperidine rings is 1. The van der Waals surface area contributed by atoms with E-state index in [1.54, 1.807) is 19.1 Å². The van der Waals surface area contributed by atoms with Crippen LogP contribution in [0.3, 0.4) is 0 Å². The molecule has 0 atom stereocenters. The summed E-state index contributed by atoms with van der Waals surface area (Å²) in [5.41, 5.74) is 0.762. The maximum Gasteiger partial charge on any atom is 0.186 e. The fourth-order valence-corrected chi connectivity index (χ4v) is 4.18. The van der Waals surface area contributed by atoms with Gasteiger partial charge in [0, 0.05) is 13.0 Å². The van der Waals surface area contributed by atoms with E-state index in [1.165, 1.54) is 0 Å². The van der Waals surface area contributed by atoms with Crippen molar-refractivity contribution in [3.63, 3.8) is 0 Å². The van der Waals surface area contributed by atoms with Gasteiger partial charge in [-0.1, -0.05) is 19.1 Å². The molecule has 1 aromatic rings. The van der Waals surface area contributed by atoms with Gasteiger partial charge in [0.15, 0.2) is 15.6 Å². The minimum absolute atomic E-state index is 0.107. The van der Waals surface area contributed by atoms with Crippen LogP contribution in [-0.2, 0) is 19.3 Å². The molecule has 0 saturated carbocycles. The highest BCUT2D eigenvalue weighted by molar-refractivity contribution is 7.91. The summed E-state index contributed by atoms with van der Waals surface area (Å²) >= 11 is 0. The monoisotopic (exact) mass is 311 g/mol. The predicted molar refractivity (Wildman–Crippen MR) is 80.3 cm³/mol. The van der Waals surface area contributed by atoms with Crippen LogP contribution in [0.5, 0.6) is 0 Å². The van der Waals surface area contributed by atoms with Gasteiger partial charge < -0.3 is 14.4 Å². The molecule has 2 heterocycles. The molecule has 2 aliphatic heterocycles. The highest BCUT2D eigenvalue weighted by Crippen LogP contribution is 2.35. The van der Waals surface area contributed by atoms with E-state index in [1.807, 2.05) is 12.1 Å². The van der Waals surface area contributed by atoms with Crippen molar-refractivity contribution in [1.82, 2.24) is 0 Å². The van der Waals surface area contributed by atoms with Crippen LogP contribution in [0.4, 0.5) is 5.69 Å². The fraction of sp³-hybridized carbons (Fsp3) is 0.600. The van der Waals surface area contributed by atoms with Crippen molar-refractivity contribution in [2.24, 2.45) is 0 Å². The van der Waals surface area contributed by atoms with Gasteiger partial charge in [-0.05, 0) is 18.6 Å². The maximum atomic E-state index is 12.3. The first-order valence-corrected chi connectivity index (χ1v) is 9.06. The smallest absolute Gasteiger partial charge is 0.186 e. The molecule has 0 aromatic heterocycles. The van der Waals surface area contributed by atoms with Crippen LogP contribution < -0.4 is 4.90 Å². The zero-order valence-electron chi connectivity index (χ0n) is 12.2. The maximum absolute atomic E-state index is 12.3. The molecule has 5 nitrogen and oxygen atoms in total. The van der Waals surface area contributed by atoms with E-state index in [0.29, 0.717) is 24.7 Å². The van der Waals surface area contributed by atoms with E-state index in [4.69, 9.17) is 9.47 Å². The standard InChI is InChI=1S/C15H21NO4S/c1-2-21(17,18)14-7-4-3-6-13(14)16-9-5-8-15(12-16)19-10-11-20-15/h3-4,6-7H,2,5,8-12H2,1H3. The summed E-state index contributed by atoms with van der Waals surface area (Å²) in [7, 11) is -3.24. The van der Waals surface area contributed by atoms with Gasteiger partial charge >= 0.3 is 0 Å².